The van der Waals surface area contributed by atoms with E-state index in [1.807, 2.05) is 10.7 Å². The summed E-state index contributed by atoms with van der Waals surface area (Å²) in [6, 6.07) is 7.05. The van der Waals surface area contributed by atoms with Crippen LogP contribution in [0.5, 0.6) is 0 Å². The lowest BCUT2D eigenvalue weighted by Gasteiger charge is -2.09. The maximum absolute atomic E-state index is 14.2. The number of hydrogen-bond donors (Lipinski definition) is 0. The molecule has 0 bridgehead atoms. The van der Waals surface area contributed by atoms with Crippen molar-refractivity contribution in [3.8, 4) is 11.4 Å². The van der Waals surface area contributed by atoms with Gasteiger partial charge in [-0.1, -0.05) is 37.2 Å². The fraction of sp³-hybridized carbons (Fsp3) is 0.471. The Morgan fingerprint density at radius 1 is 1.19 bits per heavy atom. The summed E-state index contributed by atoms with van der Waals surface area (Å²) in [4.78, 5) is 0. The van der Waals surface area contributed by atoms with E-state index in [0.717, 1.165) is 43.2 Å². The van der Waals surface area contributed by atoms with E-state index in [0.29, 0.717) is 23.2 Å². The Bertz CT molecular complexity index is 887. The van der Waals surface area contributed by atoms with Crippen LogP contribution in [0.3, 0.4) is 0 Å². The highest BCUT2D eigenvalue weighted by Crippen LogP contribution is 2.41. The van der Waals surface area contributed by atoms with E-state index in [1.54, 1.807) is 23.9 Å². The summed E-state index contributed by atoms with van der Waals surface area (Å²) >= 11 is 1.55. The summed E-state index contributed by atoms with van der Waals surface area (Å²) in [6.07, 6.45) is 4.27. The Kier molecular flexibility index (Phi) is 4.96. The van der Waals surface area contributed by atoms with Crippen molar-refractivity contribution < 1.29 is 4.39 Å². The highest BCUT2D eigenvalue weighted by atomic mass is 32.2. The van der Waals surface area contributed by atoms with Gasteiger partial charge in [0, 0.05) is 12.6 Å². The van der Waals surface area contributed by atoms with E-state index in [9.17, 15) is 4.39 Å². The van der Waals surface area contributed by atoms with Crippen molar-refractivity contribution in [1.29, 1.82) is 0 Å². The van der Waals surface area contributed by atoms with Crippen LogP contribution in [0.1, 0.15) is 44.5 Å². The number of thioether (sulfide) groups is 1. The fourth-order valence-electron chi connectivity index (χ4n) is 2.80. The van der Waals surface area contributed by atoms with Crippen molar-refractivity contribution in [3.05, 3.63) is 35.9 Å². The van der Waals surface area contributed by atoms with Crippen LogP contribution in [-0.4, -0.2) is 35.0 Å². The summed E-state index contributed by atoms with van der Waals surface area (Å²) in [7, 11) is 0. The number of hydrogen-bond acceptors (Lipinski definition) is 6. The van der Waals surface area contributed by atoms with Crippen molar-refractivity contribution in [3.63, 3.8) is 0 Å². The van der Waals surface area contributed by atoms with Crippen molar-refractivity contribution in [2.75, 3.05) is 0 Å². The summed E-state index contributed by atoms with van der Waals surface area (Å²) in [5, 5.41) is 21.3. The van der Waals surface area contributed by atoms with Gasteiger partial charge in [0.05, 0.1) is 11.3 Å². The van der Waals surface area contributed by atoms with Gasteiger partial charge in [0.25, 0.3) is 0 Å². The van der Waals surface area contributed by atoms with Crippen LogP contribution in [0.15, 0.2) is 29.4 Å². The van der Waals surface area contributed by atoms with Gasteiger partial charge in [-0.05, 0) is 41.8 Å². The van der Waals surface area contributed by atoms with Crippen LogP contribution in [0.4, 0.5) is 4.39 Å². The largest absolute Gasteiger partial charge is 0.299 e. The third kappa shape index (κ3) is 3.48. The van der Waals surface area contributed by atoms with Gasteiger partial charge >= 0.3 is 0 Å². The van der Waals surface area contributed by atoms with Crippen LogP contribution >= 0.6 is 11.8 Å². The SMILES string of the molecule is CCCCn1nnnc1CSc1nnc(-c2ccccc2F)n1C1CC1. The van der Waals surface area contributed by atoms with Gasteiger partial charge in [0.2, 0.25) is 0 Å². The van der Waals surface area contributed by atoms with E-state index >= 15 is 0 Å². The summed E-state index contributed by atoms with van der Waals surface area (Å²) in [5.74, 6) is 1.75. The topological polar surface area (TPSA) is 74.3 Å². The monoisotopic (exact) mass is 373 g/mol. The average molecular weight is 373 g/mol. The molecule has 0 amide bonds. The molecule has 1 fully saturated rings. The summed E-state index contributed by atoms with van der Waals surface area (Å²) < 4.78 is 18.1. The summed E-state index contributed by atoms with van der Waals surface area (Å²) in [6.45, 7) is 2.95. The Morgan fingerprint density at radius 2 is 2.04 bits per heavy atom. The predicted molar refractivity (Wildman–Crippen MR) is 96.0 cm³/mol. The highest BCUT2D eigenvalue weighted by molar-refractivity contribution is 7.98. The molecule has 1 aliphatic carbocycles. The Balaban J connectivity index is 1.57. The molecule has 4 rings (SSSR count). The van der Waals surface area contributed by atoms with Gasteiger partial charge in [-0.15, -0.1) is 15.3 Å². The maximum Gasteiger partial charge on any atom is 0.192 e. The van der Waals surface area contributed by atoms with Crippen molar-refractivity contribution >= 4 is 11.8 Å². The molecule has 2 aromatic heterocycles. The smallest absolute Gasteiger partial charge is 0.192 e. The van der Waals surface area contributed by atoms with Crippen molar-refractivity contribution in [1.82, 2.24) is 35.0 Å². The first-order chi connectivity index (χ1) is 12.8. The number of aryl methyl sites for hydroxylation is 1. The first kappa shape index (κ1) is 17.1. The van der Waals surface area contributed by atoms with Gasteiger partial charge in [-0.3, -0.25) is 4.57 Å². The third-order valence-corrected chi connectivity index (χ3v) is 5.29. The third-order valence-electron chi connectivity index (χ3n) is 4.35. The Labute approximate surface area is 155 Å². The summed E-state index contributed by atoms with van der Waals surface area (Å²) in [5.41, 5.74) is 0.492. The lowest BCUT2D eigenvalue weighted by molar-refractivity contribution is 0.540. The second-order valence-corrected chi connectivity index (χ2v) is 7.29. The lowest BCUT2D eigenvalue weighted by Crippen LogP contribution is -2.06. The molecule has 1 aromatic carbocycles. The molecule has 0 spiro atoms. The first-order valence-corrected chi connectivity index (χ1v) is 9.84. The molecule has 0 saturated heterocycles. The molecular formula is C17H20FN7S. The van der Waals surface area contributed by atoms with E-state index in [4.69, 9.17) is 0 Å². The molecule has 2 heterocycles. The quantitative estimate of drug-likeness (QED) is 0.563. The fourth-order valence-corrected chi connectivity index (χ4v) is 3.74. The first-order valence-electron chi connectivity index (χ1n) is 8.85. The zero-order valence-corrected chi connectivity index (χ0v) is 15.4. The van der Waals surface area contributed by atoms with Gasteiger partial charge in [-0.2, -0.15) is 0 Å². The molecule has 136 valence electrons. The standard InChI is InChI=1S/C17H20FN7S/c1-2-3-10-24-15(19-22-23-24)11-26-17-21-20-16(25(17)12-8-9-12)13-6-4-5-7-14(13)18/h4-7,12H,2-3,8-11H2,1H3. The van der Waals surface area contributed by atoms with Gasteiger partial charge < -0.3 is 0 Å². The molecule has 1 saturated carbocycles. The zero-order chi connectivity index (χ0) is 17.9. The molecule has 26 heavy (non-hydrogen) atoms. The minimum atomic E-state index is -0.276. The number of tetrazole rings is 1. The van der Waals surface area contributed by atoms with Crippen LogP contribution < -0.4 is 0 Å². The Morgan fingerprint density at radius 3 is 2.81 bits per heavy atom. The lowest BCUT2D eigenvalue weighted by atomic mass is 10.2. The predicted octanol–water partition coefficient (Wildman–Crippen LogP) is 3.50. The average Bonchev–Trinajstić information content (AvgIpc) is 3.25. The van der Waals surface area contributed by atoms with Crippen LogP contribution in [0.25, 0.3) is 11.4 Å². The number of halogens is 1. The molecule has 0 atom stereocenters. The molecule has 0 unspecified atom stereocenters. The van der Waals surface area contributed by atoms with Crippen LogP contribution in [0, 0.1) is 5.82 Å². The highest BCUT2D eigenvalue weighted by Gasteiger charge is 2.31. The number of rotatable bonds is 8. The minimum absolute atomic E-state index is 0.276. The van der Waals surface area contributed by atoms with Crippen LogP contribution in [-0.2, 0) is 12.3 Å². The van der Waals surface area contributed by atoms with Gasteiger partial charge in [-0.25, -0.2) is 9.07 Å². The minimum Gasteiger partial charge on any atom is -0.299 e. The van der Waals surface area contributed by atoms with Crippen LogP contribution in [0.2, 0.25) is 0 Å². The van der Waals surface area contributed by atoms with E-state index in [2.05, 4.69) is 37.2 Å². The molecule has 0 aliphatic heterocycles. The second-order valence-electron chi connectivity index (χ2n) is 6.35. The van der Waals surface area contributed by atoms with E-state index in [1.165, 1.54) is 6.07 Å². The van der Waals surface area contributed by atoms with Crippen molar-refractivity contribution in [2.45, 2.75) is 56.1 Å². The normalized spacial score (nSPS) is 14.1. The van der Waals surface area contributed by atoms with E-state index < -0.39 is 0 Å². The van der Waals surface area contributed by atoms with Gasteiger partial charge in [0.15, 0.2) is 16.8 Å². The Hall–Kier alpha value is -2.29. The number of unbranched alkanes of at least 4 members (excludes halogenated alkanes) is 1. The molecule has 7 nitrogen and oxygen atoms in total. The zero-order valence-electron chi connectivity index (χ0n) is 14.5. The number of nitrogens with zero attached hydrogens (tertiary/aromatic N) is 7. The molecular weight excluding hydrogens is 353 g/mol. The molecule has 0 N–H and O–H groups in total. The number of aromatic nitrogens is 7. The molecule has 9 heteroatoms. The molecule has 0 radical (unpaired) electrons. The van der Waals surface area contributed by atoms with Gasteiger partial charge in [0.1, 0.15) is 5.82 Å². The molecule has 1 aliphatic rings. The van der Waals surface area contributed by atoms with E-state index in [-0.39, 0.29) is 5.82 Å². The second kappa shape index (κ2) is 7.53. The number of benzene rings is 1. The maximum atomic E-state index is 14.2. The molecule has 3 aromatic rings. The van der Waals surface area contributed by atoms with Crippen molar-refractivity contribution in [2.24, 2.45) is 0 Å².